The minimum Gasteiger partial charge on any atom is -0.399 e. The molecule has 1 aromatic heterocycles. The van der Waals surface area contributed by atoms with Crippen molar-refractivity contribution in [2.45, 2.75) is 6.54 Å². The maximum absolute atomic E-state index is 13.1. The summed E-state index contributed by atoms with van der Waals surface area (Å²) in [5.74, 6) is 0.406. The predicted octanol–water partition coefficient (Wildman–Crippen LogP) is 3.09. The van der Waals surface area contributed by atoms with E-state index in [2.05, 4.69) is 4.98 Å². The van der Waals surface area contributed by atoms with E-state index in [-0.39, 0.29) is 5.82 Å². The molecular formula is C13H13ClFN3. The van der Waals surface area contributed by atoms with Gasteiger partial charge < -0.3 is 10.6 Å². The first-order chi connectivity index (χ1) is 8.54. The first-order valence-electron chi connectivity index (χ1n) is 5.43. The third-order valence-corrected chi connectivity index (χ3v) is 2.70. The third-order valence-electron chi connectivity index (χ3n) is 2.50. The van der Waals surface area contributed by atoms with Crippen LogP contribution in [0.3, 0.4) is 0 Å². The minimum atomic E-state index is -0.250. The van der Waals surface area contributed by atoms with Gasteiger partial charge in [-0.3, -0.25) is 0 Å². The number of nitrogen functional groups attached to an aromatic ring is 1. The normalized spacial score (nSPS) is 10.4. The topological polar surface area (TPSA) is 42.1 Å². The molecule has 0 unspecified atom stereocenters. The molecule has 0 saturated heterocycles. The maximum atomic E-state index is 13.1. The molecule has 0 fully saturated rings. The van der Waals surface area contributed by atoms with E-state index < -0.39 is 0 Å². The van der Waals surface area contributed by atoms with Crippen LogP contribution in [0.4, 0.5) is 15.9 Å². The minimum absolute atomic E-state index is 0.250. The zero-order valence-corrected chi connectivity index (χ0v) is 10.7. The Balaban J connectivity index is 2.19. The number of nitrogens with zero attached hydrogens (tertiary/aromatic N) is 2. The molecule has 1 heterocycles. The van der Waals surface area contributed by atoms with E-state index in [4.69, 9.17) is 17.3 Å². The molecule has 0 spiro atoms. The van der Waals surface area contributed by atoms with Gasteiger partial charge in [0.15, 0.2) is 0 Å². The van der Waals surface area contributed by atoms with Gasteiger partial charge in [-0.25, -0.2) is 9.37 Å². The number of nitrogens with two attached hydrogens (primary N) is 1. The Morgan fingerprint density at radius 1 is 1.33 bits per heavy atom. The van der Waals surface area contributed by atoms with Crippen molar-refractivity contribution in [2.75, 3.05) is 17.7 Å². The molecule has 0 aliphatic carbocycles. The Hall–Kier alpha value is -1.81. The van der Waals surface area contributed by atoms with Gasteiger partial charge in [-0.15, -0.1) is 0 Å². The molecule has 94 valence electrons. The summed E-state index contributed by atoms with van der Waals surface area (Å²) < 4.78 is 13.1. The molecule has 2 aromatic rings. The first-order valence-corrected chi connectivity index (χ1v) is 5.81. The van der Waals surface area contributed by atoms with Crippen molar-refractivity contribution in [1.29, 1.82) is 0 Å². The second kappa shape index (κ2) is 5.23. The van der Waals surface area contributed by atoms with Gasteiger partial charge in [0.05, 0.1) is 0 Å². The summed E-state index contributed by atoms with van der Waals surface area (Å²) in [5.41, 5.74) is 7.11. The number of hydrogen-bond donors (Lipinski definition) is 1. The van der Waals surface area contributed by atoms with E-state index in [9.17, 15) is 4.39 Å². The van der Waals surface area contributed by atoms with E-state index in [1.54, 1.807) is 18.2 Å². The maximum Gasteiger partial charge on any atom is 0.133 e. The number of hydrogen-bond acceptors (Lipinski definition) is 3. The largest absolute Gasteiger partial charge is 0.399 e. The zero-order chi connectivity index (χ0) is 13.1. The lowest BCUT2D eigenvalue weighted by molar-refractivity contribution is 0.625. The summed E-state index contributed by atoms with van der Waals surface area (Å²) in [6, 6.07) is 9.75. The third kappa shape index (κ3) is 3.11. The molecule has 18 heavy (non-hydrogen) atoms. The molecule has 0 saturated carbocycles. The molecular weight excluding hydrogens is 253 g/mol. The summed E-state index contributed by atoms with van der Waals surface area (Å²) in [6.45, 7) is 0.532. The Morgan fingerprint density at radius 2 is 2.11 bits per heavy atom. The second-order valence-corrected chi connectivity index (χ2v) is 4.45. The van der Waals surface area contributed by atoms with E-state index in [0.29, 0.717) is 23.2 Å². The van der Waals surface area contributed by atoms with Crippen LogP contribution >= 0.6 is 11.6 Å². The summed E-state index contributed by atoms with van der Waals surface area (Å²) in [6.07, 6.45) is 0. The van der Waals surface area contributed by atoms with Crippen molar-refractivity contribution < 1.29 is 4.39 Å². The van der Waals surface area contributed by atoms with Crippen LogP contribution in [0.5, 0.6) is 0 Å². The molecule has 3 nitrogen and oxygen atoms in total. The summed E-state index contributed by atoms with van der Waals surface area (Å²) >= 11 is 5.84. The lowest BCUT2D eigenvalue weighted by Crippen LogP contribution is -2.18. The van der Waals surface area contributed by atoms with Crippen LogP contribution in [-0.2, 0) is 6.54 Å². The average Bonchev–Trinajstić information content (AvgIpc) is 2.27. The summed E-state index contributed by atoms with van der Waals surface area (Å²) in [5, 5.41) is 0.344. The standard InChI is InChI=1S/C13H13ClFN3/c1-18(8-9-3-2-4-10(15)5-9)13-7-11(16)6-12(14)17-13/h2-7H,8H2,1H3,(H2,16,17). The highest BCUT2D eigenvalue weighted by molar-refractivity contribution is 6.29. The molecule has 0 aliphatic heterocycles. The van der Waals surface area contributed by atoms with Crippen molar-refractivity contribution in [3.05, 3.63) is 52.9 Å². The van der Waals surface area contributed by atoms with E-state index in [0.717, 1.165) is 5.56 Å². The highest BCUT2D eigenvalue weighted by Gasteiger charge is 2.06. The summed E-state index contributed by atoms with van der Waals surface area (Å²) in [7, 11) is 1.85. The fourth-order valence-electron chi connectivity index (χ4n) is 1.69. The molecule has 0 amide bonds. The number of benzene rings is 1. The first kappa shape index (κ1) is 12.6. The molecule has 0 aliphatic rings. The Bertz CT molecular complexity index is 539. The molecule has 1 aromatic carbocycles. The van der Waals surface area contributed by atoms with Crippen LogP contribution in [-0.4, -0.2) is 12.0 Å². The Labute approximate surface area is 110 Å². The number of anilines is 2. The van der Waals surface area contributed by atoms with Crippen molar-refractivity contribution in [3.8, 4) is 0 Å². The molecule has 0 atom stereocenters. The summed E-state index contributed by atoms with van der Waals surface area (Å²) in [4.78, 5) is 6.03. The van der Waals surface area contributed by atoms with E-state index in [1.165, 1.54) is 12.1 Å². The number of pyridine rings is 1. The smallest absolute Gasteiger partial charge is 0.133 e. The van der Waals surface area contributed by atoms with Crippen molar-refractivity contribution in [3.63, 3.8) is 0 Å². The monoisotopic (exact) mass is 265 g/mol. The van der Waals surface area contributed by atoms with Crippen LogP contribution in [0.2, 0.25) is 5.15 Å². The van der Waals surface area contributed by atoms with Gasteiger partial charge in [-0.1, -0.05) is 23.7 Å². The molecule has 0 radical (unpaired) electrons. The van der Waals surface area contributed by atoms with E-state index in [1.807, 2.05) is 18.0 Å². The van der Waals surface area contributed by atoms with Crippen molar-refractivity contribution >= 4 is 23.1 Å². The number of halogens is 2. The Kier molecular flexibility index (Phi) is 3.67. The van der Waals surface area contributed by atoms with Gasteiger partial charge >= 0.3 is 0 Å². The van der Waals surface area contributed by atoms with Crippen molar-refractivity contribution in [2.24, 2.45) is 0 Å². The quantitative estimate of drug-likeness (QED) is 0.867. The SMILES string of the molecule is CN(Cc1cccc(F)c1)c1cc(N)cc(Cl)n1. The molecule has 2 N–H and O–H groups in total. The van der Waals surface area contributed by atoms with Crippen LogP contribution in [0.1, 0.15) is 5.56 Å². The van der Waals surface area contributed by atoms with Crippen LogP contribution < -0.4 is 10.6 Å². The average molecular weight is 266 g/mol. The second-order valence-electron chi connectivity index (χ2n) is 4.07. The van der Waals surface area contributed by atoms with Gasteiger partial charge in [0.1, 0.15) is 16.8 Å². The van der Waals surface area contributed by atoms with Gasteiger partial charge in [0.25, 0.3) is 0 Å². The zero-order valence-electron chi connectivity index (χ0n) is 9.90. The van der Waals surface area contributed by atoms with Gasteiger partial charge in [0.2, 0.25) is 0 Å². The van der Waals surface area contributed by atoms with Gasteiger partial charge in [-0.05, 0) is 23.8 Å². The Morgan fingerprint density at radius 3 is 2.78 bits per heavy atom. The molecule has 0 bridgehead atoms. The number of aromatic nitrogens is 1. The van der Waals surface area contributed by atoms with Crippen LogP contribution in [0, 0.1) is 5.82 Å². The van der Waals surface area contributed by atoms with Crippen molar-refractivity contribution in [1.82, 2.24) is 4.98 Å². The molecule has 2 rings (SSSR count). The fraction of sp³-hybridized carbons (Fsp3) is 0.154. The fourth-order valence-corrected chi connectivity index (χ4v) is 1.90. The predicted molar refractivity (Wildman–Crippen MR) is 72.2 cm³/mol. The van der Waals surface area contributed by atoms with Crippen LogP contribution in [0.15, 0.2) is 36.4 Å². The number of rotatable bonds is 3. The van der Waals surface area contributed by atoms with Crippen LogP contribution in [0.25, 0.3) is 0 Å². The van der Waals surface area contributed by atoms with Gasteiger partial charge in [0, 0.05) is 25.3 Å². The van der Waals surface area contributed by atoms with E-state index >= 15 is 0 Å². The highest BCUT2D eigenvalue weighted by Crippen LogP contribution is 2.20. The molecule has 5 heteroatoms. The highest BCUT2D eigenvalue weighted by atomic mass is 35.5. The lowest BCUT2D eigenvalue weighted by Gasteiger charge is -2.18. The lowest BCUT2D eigenvalue weighted by atomic mass is 10.2. The van der Waals surface area contributed by atoms with Gasteiger partial charge in [-0.2, -0.15) is 0 Å².